The number of benzene rings is 10. The van der Waals surface area contributed by atoms with E-state index >= 15 is 0 Å². The maximum Gasteiger partial charge on any atom is 0.143 e. The molecule has 2 aromatic heterocycles. The zero-order chi connectivity index (χ0) is 38.9. The highest BCUT2D eigenvalue weighted by Gasteiger charge is 2.19. The van der Waals surface area contributed by atoms with E-state index in [0.29, 0.717) is 0 Å². The molecule has 0 aliphatic rings. The molecule has 59 heavy (non-hydrogen) atoms. The van der Waals surface area contributed by atoms with E-state index < -0.39 is 0 Å². The first-order valence-electron chi connectivity index (χ1n) is 20.2. The molecule has 0 aliphatic carbocycles. The monoisotopic (exact) mass is 752 g/mol. The normalized spacial score (nSPS) is 11.7. The zero-order valence-corrected chi connectivity index (χ0v) is 32.1. The van der Waals surface area contributed by atoms with Crippen LogP contribution in [0.4, 0.5) is 17.1 Å². The van der Waals surface area contributed by atoms with Crippen molar-refractivity contribution in [2.45, 2.75) is 0 Å². The maximum atomic E-state index is 6.45. The highest BCUT2D eigenvalue weighted by molar-refractivity contribution is 6.15. The van der Waals surface area contributed by atoms with Crippen LogP contribution in [-0.2, 0) is 0 Å². The molecule has 2 heterocycles. The largest absolute Gasteiger partial charge is 0.455 e. The lowest BCUT2D eigenvalue weighted by molar-refractivity contribution is 0.670. The lowest BCUT2D eigenvalue weighted by atomic mass is 9.98. The first-order valence-corrected chi connectivity index (χ1v) is 20.2. The molecule has 0 saturated carbocycles. The highest BCUT2D eigenvalue weighted by Crippen LogP contribution is 2.44. The van der Waals surface area contributed by atoms with Crippen LogP contribution in [0, 0.1) is 0 Å². The molecule has 0 saturated heterocycles. The van der Waals surface area contributed by atoms with Crippen molar-refractivity contribution in [3.05, 3.63) is 218 Å². The molecular weight excluding hydrogens is 717 g/mol. The molecule has 0 fully saturated rings. The minimum atomic E-state index is 0.906. The van der Waals surface area contributed by atoms with Crippen LogP contribution in [0.3, 0.4) is 0 Å². The van der Waals surface area contributed by atoms with Crippen LogP contribution < -0.4 is 4.90 Å². The van der Waals surface area contributed by atoms with Gasteiger partial charge in [0.1, 0.15) is 11.2 Å². The standard InChI is InChI=1S/C56H36N2O/c1-2-14-41(15-3-1)58-52-23-10-8-19-48(52)51-35-39(29-34-53(51)58)37-25-30-42(31-26-37)57(54-36-40-13-4-5-16-44(40)46-17-6-7-18-47(46)54)43-32-27-38(28-33-43)45-21-12-22-50-49-20-9-11-24-55(49)59-56(45)50/h1-36H. The predicted octanol–water partition coefficient (Wildman–Crippen LogP) is 15.8. The summed E-state index contributed by atoms with van der Waals surface area (Å²) >= 11 is 0. The van der Waals surface area contributed by atoms with Crippen LogP contribution in [0.2, 0.25) is 0 Å². The third kappa shape index (κ3) is 5.36. The number of aromatic nitrogens is 1. The van der Waals surface area contributed by atoms with Crippen molar-refractivity contribution in [1.82, 2.24) is 4.57 Å². The first-order chi connectivity index (χ1) is 29.3. The fraction of sp³-hybridized carbons (Fsp3) is 0. The topological polar surface area (TPSA) is 21.3 Å². The summed E-state index contributed by atoms with van der Waals surface area (Å²) < 4.78 is 8.81. The third-order valence-corrected chi connectivity index (χ3v) is 12.0. The van der Waals surface area contributed by atoms with Gasteiger partial charge in [0.15, 0.2) is 0 Å². The van der Waals surface area contributed by atoms with Crippen molar-refractivity contribution in [1.29, 1.82) is 0 Å². The van der Waals surface area contributed by atoms with Gasteiger partial charge in [-0.15, -0.1) is 0 Å². The maximum absolute atomic E-state index is 6.45. The van der Waals surface area contributed by atoms with Crippen LogP contribution in [0.1, 0.15) is 0 Å². The Morgan fingerprint density at radius 2 is 0.949 bits per heavy atom. The fourth-order valence-electron chi connectivity index (χ4n) is 9.22. The smallest absolute Gasteiger partial charge is 0.143 e. The van der Waals surface area contributed by atoms with Crippen LogP contribution in [0.15, 0.2) is 223 Å². The zero-order valence-electron chi connectivity index (χ0n) is 32.1. The molecule has 276 valence electrons. The summed E-state index contributed by atoms with van der Waals surface area (Å²) in [6, 6.07) is 78.7. The Morgan fingerprint density at radius 3 is 1.75 bits per heavy atom. The minimum absolute atomic E-state index is 0.906. The molecule has 0 radical (unpaired) electrons. The number of nitrogens with zero attached hydrogens (tertiary/aromatic N) is 2. The van der Waals surface area contributed by atoms with E-state index in [1.807, 2.05) is 12.1 Å². The summed E-state index contributed by atoms with van der Waals surface area (Å²) in [4.78, 5) is 2.40. The van der Waals surface area contributed by atoms with Crippen molar-refractivity contribution in [3.63, 3.8) is 0 Å². The van der Waals surface area contributed by atoms with E-state index in [9.17, 15) is 0 Å². The van der Waals surface area contributed by atoms with Gasteiger partial charge in [-0.1, -0.05) is 152 Å². The Hall–Kier alpha value is -7.88. The van der Waals surface area contributed by atoms with Crippen LogP contribution in [0.5, 0.6) is 0 Å². The number of rotatable bonds is 6. The molecule has 12 rings (SSSR count). The van der Waals surface area contributed by atoms with Crippen LogP contribution in [-0.4, -0.2) is 4.57 Å². The van der Waals surface area contributed by atoms with E-state index in [1.165, 1.54) is 54.5 Å². The quantitative estimate of drug-likeness (QED) is 0.158. The molecule has 10 aromatic carbocycles. The molecule has 0 spiro atoms. The van der Waals surface area contributed by atoms with E-state index in [1.54, 1.807) is 0 Å². The van der Waals surface area contributed by atoms with Crippen molar-refractivity contribution < 1.29 is 4.42 Å². The minimum Gasteiger partial charge on any atom is -0.455 e. The van der Waals surface area contributed by atoms with Gasteiger partial charge in [0.25, 0.3) is 0 Å². The Labute approximate surface area is 341 Å². The molecule has 0 atom stereocenters. The lowest BCUT2D eigenvalue weighted by Gasteiger charge is -2.28. The Balaban J connectivity index is 0.993. The molecule has 3 nitrogen and oxygen atoms in total. The van der Waals surface area contributed by atoms with Crippen molar-refractivity contribution in [3.8, 4) is 27.9 Å². The molecule has 0 bridgehead atoms. The molecule has 3 heteroatoms. The average Bonchev–Trinajstić information content (AvgIpc) is 3.86. The number of fused-ring (bicyclic) bond motifs is 9. The van der Waals surface area contributed by atoms with Gasteiger partial charge in [-0.2, -0.15) is 0 Å². The number of para-hydroxylation sites is 4. The Morgan fingerprint density at radius 1 is 0.356 bits per heavy atom. The molecule has 0 N–H and O–H groups in total. The number of hydrogen-bond acceptors (Lipinski definition) is 2. The number of hydrogen-bond donors (Lipinski definition) is 0. The van der Waals surface area contributed by atoms with Gasteiger partial charge in [0.05, 0.1) is 16.7 Å². The fourth-order valence-corrected chi connectivity index (χ4v) is 9.22. The Kier molecular flexibility index (Phi) is 7.54. The SMILES string of the molecule is c1ccc(-n2c3ccccc3c3cc(-c4ccc(N(c5ccc(-c6cccc7c6oc6ccccc67)cc5)c5cc6ccccc6c6ccccc56)cc4)ccc32)cc1. The van der Waals surface area contributed by atoms with Gasteiger partial charge in [0.2, 0.25) is 0 Å². The second-order valence-electron chi connectivity index (χ2n) is 15.3. The van der Waals surface area contributed by atoms with Crippen molar-refractivity contribution in [2.75, 3.05) is 4.90 Å². The van der Waals surface area contributed by atoms with Crippen LogP contribution >= 0.6 is 0 Å². The molecule has 0 amide bonds. The van der Waals surface area contributed by atoms with Gasteiger partial charge in [-0.25, -0.2) is 0 Å². The van der Waals surface area contributed by atoms with E-state index in [-0.39, 0.29) is 0 Å². The highest BCUT2D eigenvalue weighted by atomic mass is 16.3. The van der Waals surface area contributed by atoms with Crippen LogP contribution in [0.25, 0.3) is 93.2 Å². The summed E-state index contributed by atoms with van der Waals surface area (Å²) in [6.07, 6.45) is 0. The van der Waals surface area contributed by atoms with Gasteiger partial charge in [-0.05, 0) is 99.6 Å². The first kappa shape index (κ1) is 33.3. The second kappa shape index (κ2) is 13.4. The predicted molar refractivity (Wildman–Crippen MR) is 249 cm³/mol. The molecule has 0 unspecified atom stereocenters. The summed E-state index contributed by atoms with van der Waals surface area (Å²) in [6.45, 7) is 0. The second-order valence-corrected chi connectivity index (χ2v) is 15.3. The van der Waals surface area contributed by atoms with Crippen molar-refractivity contribution in [2.24, 2.45) is 0 Å². The van der Waals surface area contributed by atoms with Gasteiger partial charge >= 0.3 is 0 Å². The number of anilines is 3. The van der Waals surface area contributed by atoms with Gasteiger partial charge in [-0.3, -0.25) is 0 Å². The van der Waals surface area contributed by atoms with Gasteiger partial charge in [0, 0.05) is 49.6 Å². The summed E-state index contributed by atoms with van der Waals surface area (Å²) in [5.41, 5.74) is 13.2. The molecular formula is C56H36N2O. The summed E-state index contributed by atoms with van der Waals surface area (Å²) in [5, 5.41) is 9.66. The number of furan rings is 1. The Bertz CT molecular complexity index is 3540. The summed E-state index contributed by atoms with van der Waals surface area (Å²) in [5.74, 6) is 0. The lowest BCUT2D eigenvalue weighted by Crippen LogP contribution is -2.10. The molecule has 12 aromatic rings. The van der Waals surface area contributed by atoms with E-state index in [4.69, 9.17) is 4.42 Å². The van der Waals surface area contributed by atoms with E-state index in [0.717, 1.165) is 55.8 Å². The summed E-state index contributed by atoms with van der Waals surface area (Å²) in [7, 11) is 0. The van der Waals surface area contributed by atoms with Crippen molar-refractivity contribution >= 4 is 82.4 Å². The van der Waals surface area contributed by atoms with Gasteiger partial charge < -0.3 is 13.9 Å². The molecule has 0 aliphatic heterocycles. The third-order valence-electron chi connectivity index (χ3n) is 12.0. The van der Waals surface area contributed by atoms with E-state index in [2.05, 4.69) is 216 Å². The average molecular weight is 753 g/mol.